The zero-order valence-electron chi connectivity index (χ0n) is 8.70. The van der Waals surface area contributed by atoms with Crippen molar-refractivity contribution >= 4 is 0 Å². The van der Waals surface area contributed by atoms with Crippen LogP contribution in [0.25, 0.3) is 0 Å². The molecule has 1 saturated carbocycles. The Morgan fingerprint density at radius 2 is 2.21 bits per heavy atom. The summed E-state index contributed by atoms with van der Waals surface area (Å²) >= 11 is 0. The molecular formula is C11H18N2O. The second-order valence-electron chi connectivity index (χ2n) is 4.15. The number of nitrogens with one attached hydrogen (secondary N) is 1. The molecule has 0 radical (unpaired) electrons. The van der Waals surface area contributed by atoms with E-state index in [4.69, 9.17) is 4.52 Å². The highest BCUT2D eigenvalue weighted by molar-refractivity contribution is 5.01. The summed E-state index contributed by atoms with van der Waals surface area (Å²) in [4.78, 5) is 0. The molecule has 14 heavy (non-hydrogen) atoms. The summed E-state index contributed by atoms with van der Waals surface area (Å²) in [5, 5.41) is 7.54. The molecule has 1 aliphatic carbocycles. The standard InChI is InChI=1S/C11H18N2O/c1-9(11-7-8-14-13-11)12-10-5-3-2-4-6-10/h7-10,12H,2-6H2,1H3. The minimum Gasteiger partial charge on any atom is -0.364 e. The van der Waals surface area contributed by atoms with Crippen LogP contribution in [0.3, 0.4) is 0 Å². The normalized spacial score (nSPS) is 20.9. The predicted molar refractivity (Wildman–Crippen MR) is 54.9 cm³/mol. The molecule has 0 aliphatic heterocycles. The van der Waals surface area contributed by atoms with Crippen LogP contribution in [0.4, 0.5) is 0 Å². The summed E-state index contributed by atoms with van der Waals surface area (Å²) in [5.74, 6) is 0. The van der Waals surface area contributed by atoms with E-state index < -0.39 is 0 Å². The maximum Gasteiger partial charge on any atom is 0.124 e. The van der Waals surface area contributed by atoms with Crippen LogP contribution >= 0.6 is 0 Å². The molecule has 2 rings (SSSR count). The fourth-order valence-electron chi connectivity index (χ4n) is 2.15. The monoisotopic (exact) mass is 194 g/mol. The molecule has 1 N–H and O–H groups in total. The molecule has 0 aromatic carbocycles. The van der Waals surface area contributed by atoms with Gasteiger partial charge in [-0.2, -0.15) is 0 Å². The summed E-state index contributed by atoms with van der Waals surface area (Å²) in [7, 11) is 0. The molecule has 1 heterocycles. The van der Waals surface area contributed by atoms with E-state index in [1.807, 2.05) is 6.07 Å². The third-order valence-corrected chi connectivity index (χ3v) is 2.99. The van der Waals surface area contributed by atoms with Gasteiger partial charge in [0.05, 0.1) is 6.04 Å². The average molecular weight is 194 g/mol. The molecule has 0 spiro atoms. The van der Waals surface area contributed by atoms with Crippen LogP contribution in [-0.4, -0.2) is 11.2 Å². The largest absolute Gasteiger partial charge is 0.364 e. The SMILES string of the molecule is CC(NC1CCCCC1)c1ccon1. The Labute approximate surface area is 84.9 Å². The minimum absolute atomic E-state index is 0.317. The average Bonchev–Trinajstić information content (AvgIpc) is 2.72. The van der Waals surface area contributed by atoms with Crippen molar-refractivity contribution in [1.82, 2.24) is 10.5 Å². The maximum absolute atomic E-state index is 4.83. The van der Waals surface area contributed by atoms with Crippen molar-refractivity contribution in [2.24, 2.45) is 0 Å². The molecule has 1 aromatic rings. The highest BCUT2D eigenvalue weighted by atomic mass is 16.5. The van der Waals surface area contributed by atoms with Gasteiger partial charge in [-0.3, -0.25) is 0 Å². The molecule has 1 unspecified atom stereocenters. The Bertz CT molecular complexity index is 252. The van der Waals surface area contributed by atoms with Gasteiger partial charge in [0.1, 0.15) is 12.0 Å². The number of hydrogen-bond acceptors (Lipinski definition) is 3. The van der Waals surface area contributed by atoms with Crippen LogP contribution in [0.2, 0.25) is 0 Å². The molecule has 78 valence electrons. The second-order valence-corrected chi connectivity index (χ2v) is 4.15. The minimum atomic E-state index is 0.317. The van der Waals surface area contributed by atoms with Gasteiger partial charge in [0.2, 0.25) is 0 Å². The van der Waals surface area contributed by atoms with Gasteiger partial charge in [-0.05, 0) is 19.8 Å². The van der Waals surface area contributed by atoms with Crippen LogP contribution in [0.1, 0.15) is 50.8 Å². The summed E-state index contributed by atoms with van der Waals surface area (Å²) < 4.78 is 4.83. The third-order valence-electron chi connectivity index (χ3n) is 2.99. The number of hydrogen-bond donors (Lipinski definition) is 1. The van der Waals surface area contributed by atoms with E-state index in [1.54, 1.807) is 6.26 Å². The lowest BCUT2D eigenvalue weighted by Crippen LogP contribution is -2.33. The molecule has 3 heteroatoms. The van der Waals surface area contributed by atoms with Gasteiger partial charge in [0, 0.05) is 12.1 Å². The first-order valence-electron chi connectivity index (χ1n) is 5.52. The van der Waals surface area contributed by atoms with Crippen LogP contribution in [-0.2, 0) is 0 Å². The van der Waals surface area contributed by atoms with E-state index in [-0.39, 0.29) is 0 Å². The van der Waals surface area contributed by atoms with Crippen LogP contribution in [0, 0.1) is 0 Å². The van der Waals surface area contributed by atoms with Crippen molar-refractivity contribution in [3.8, 4) is 0 Å². The molecule has 0 amide bonds. The Hall–Kier alpha value is -0.830. The van der Waals surface area contributed by atoms with Gasteiger partial charge >= 0.3 is 0 Å². The first-order valence-corrected chi connectivity index (χ1v) is 5.52. The molecule has 1 atom stereocenters. The fourth-order valence-corrected chi connectivity index (χ4v) is 2.15. The predicted octanol–water partition coefficient (Wildman–Crippen LogP) is 2.66. The van der Waals surface area contributed by atoms with Gasteiger partial charge in [-0.15, -0.1) is 0 Å². The van der Waals surface area contributed by atoms with Gasteiger partial charge in [0.25, 0.3) is 0 Å². The molecule has 1 aromatic heterocycles. The Morgan fingerprint density at radius 3 is 2.86 bits per heavy atom. The van der Waals surface area contributed by atoms with Crippen molar-refractivity contribution in [2.45, 2.75) is 51.1 Å². The lowest BCUT2D eigenvalue weighted by molar-refractivity contribution is 0.334. The molecule has 0 saturated heterocycles. The number of aromatic nitrogens is 1. The van der Waals surface area contributed by atoms with E-state index >= 15 is 0 Å². The van der Waals surface area contributed by atoms with Gasteiger partial charge < -0.3 is 9.84 Å². The fraction of sp³-hybridized carbons (Fsp3) is 0.727. The lowest BCUT2D eigenvalue weighted by atomic mass is 9.95. The van der Waals surface area contributed by atoms with Crippen molar-refractivity contribution in [1.29, 1.82) is 0 Å². The third kappa shape index (κ3) is 2.35. The molecule has 1 aliphatic rings. The summed E-state index contributed by atoms with van der Waals surface area (Å²) in [6, 6.07) is 2.92. The Balaban J connectivity index is 1.84. The molecule has 3 nitrogen and oxygen atoms in total. The van der Waals surface area contributed by atoms with Crippen LogP contribution in [0.5, 0.6) is 0 Å². The number of rotatable bonds is 3. The molecule has 0 bridgehead atoms. The highest BCUT2D eigenvalue weighted by Crippen LogP contribution is 2.20. The van der Waals surface area contributed by atoms with E-state index in [0.29, 0.717) is 12.1 Å². The zero-order chi connectivity index (χ0) is 9.80. The van der Waals surface area contributed by atoms with E-state index in [0.717, 1.165) is 5.69 Å². The van der Waals surface area contributed by atoms with E-state index in [2.05, 4.69) is 17.4 Å². The molecular weight excluding hydrogens is 176 g/mol. The molecule has 1 fully saturated rings. The van der Waals surface area contributed by atoms with E-state index in [1.165, 1.54) is 32.1 Å². The highest BCUT2D eigenvalue weighted by Gasteiger charge is 2.17. The maximum atomic E-state index is 4.83. The lowest BCUT2D eigenvalue weighted by Gasteiger charge is -2.25. The van der Waals surface area contributed by atoms with Gasteiger partial charge in [-0.25, -0.2) is 0 Å². The van der Waals surface area contributed by atoms with Gasteiger partial charge in [0.15, 0.2) is 0 Å². The van der Waals surface area contributed by atoms with Gasteiger partial charge in [-0.1, -0.05) is 24.4 Å². The number of nitrogens with zero attached hydrogens (tertiary/aromatic N) is 1. The Morgan fingerprint density at radius 1 is 1.43 bits per heavy atom. The zero-order valence-corrected chi connectivity index (χ0v) is 8.70. The summed E-state index contributed by atoms with van der Waals surface area (Å²) in [6.07, 6.45) is 8.38. The summed E-state index contributed by atoms with van der Waals surface area (Å²) in [5.41, 5.74) is 1.01. The first-order chi connectivity index (χ1) is 6.86. The van der Waals surface area contributed by atoms with Crippen molar-refractivity contribution < 1.29 is 4.52 Å². The van der Waals surface area contributed by atoms with E-state index in [9.17, 15) is 0 Å². The second kappa shape index (κ2) is 4.60. The van der Waals surface area contributed by atoms with Crippen molar-refractivity contribution in [3.63, 3.8) is 0 Å². The van der Waals surface area contributed by atoms with Crippen LogP contribution in [0.15, 0.2) is 16.9 Å². The van der Waals surface area contributed by atoms with Crippen molar-refractivity contribution in [3.05, 3.63) is 18.0 Å². The quantitative estimate of drug-likeness (QED) is 0.803. The van der Waals surface area contributed by atoms with Crippen LogP contribution < -0.4 is 5.32 Å². The first kappa shape index (κ1) is 9.71. The topological polar surface area (TPSA) is 38.1 Å². The smallest absolute Gasteiger partial charge is 0.124 e. The Kier molecular flexibility index (Phi) is 3.19. The summed E-state index contributed by atoms with van der Waals surface area (Å²) in [6.45, 7) is 2.15. The van der Waals surface area contributed by atoms with Crippen molar-refractivity contribution in [2.75, 3.05) is 0 Å².